The van der Waals surface area contributed by atoms with Gasteiger partial charge in [0.1, 0.15) is 18.5 Å². The number of guanidine groups is 1. The van der Waals surface area contributed by atoms with E-state index in [2.05, 4.69) is 16.9 Å². The second kappa shape index (κ2) is 10.8. The summed E-state index contributed by atoms with van der Waals surface area (Å²) in [5.74, 6) is 0.652. The molecule has 0 amide bonds. The lowest BCUT2D eigenvalue weighted by molar-refractivity contribution is -0.384. The Kier molecular flexibility index (Phi) is 9.90. The van der Waals surface area contributed by atoms with Gasteiger partial charge < -0.3 is 20.9 Å². The van der Waals surface area contributed by atoms with E-state index in [1.165, 1.54) is 24.3 Å². The summed E-state index contributed by atoms with van der Waals surface area (Å²) < 4.78 is 5.32. The van der Waals surface area contributed by atoms with Crippen molar-refractivity contribution in [1.29, 1.82) is 0 Å². The van der Waals surface area contributed by atoms with E-state index in [1.54, 1.807) is 0 Å². The van der Waals surface area contributed by atoms with Crippen molar-refractivity contribution in [3.8, 4) is 5.75 Å². The molecule has 0 heterocycles. The third-order valence-electron chi connectivity index (χ3n) is 2.53. The summed E-state index contributed by atoms with van der Waals surface area (Å²) in [4.78, 5) is 14.0. The highest BCUT2D eigenvalue weighted by Crippen LogP contribution is 2.17. The summed E-state index contributed by atoms with van der Waals surface area (Å²) in [6.45, 7) is 6.19. The van der Waals surface area contributed by atoms with Crippen molar-refractivity contribution >= 4 is 35.6 Å². The fourth-order valence-electron chi connectivity index (χ4n) is 1.41. The van der Waals surface area contributed by atoms with Crippen LogP contribution in [0.1, 0.15) is 6.92 Å². The van der Waals surface area contributed by atoms with E-state index in [4.69, 9.17) is 10.5 Å². The van der Waals surface area contributed by atoms with Gasteiger partial charge in [-0.05, 0) is 19.1 Å². The SMILES string of the molecule is C=C(C)CNC(N)=NCC(O)COc1ccc([N+](=O)[O-])cc1.I. The van der Waals surface area contributed by atoms with Crippen molar-refractivity contribution in [3.05, 3.63) is 46.5 Å². The molecule has 1 aromatic carbocycles. The molecule has 8 nitrogen and oxygen atoms in total. The Hall–Kier alpha value is -1.88. The Morgan fingerprint density at radius 3 is 2.65 bits per heavy atom. The predicted molar refractivity (Wildman–Crippen MR) is 99.3 cm³/mol. The number of halogens is 1. The number of non-ortho nitro benzene ring substituents is 1. The number of nitrogens with one attached hydrogen (secondary N) is 1. The maximum absolute atomic E-state index is 10.5. The molecule has 0 aliphatic heterocycles. The molecule has 0 bridgehead atoms. The van der Waals surface area contributed by atoms with Crippen LogP contribution in [-0.2, 0) is 0 Å². The van der Waals surface area contributed by atoms with Crippen molar-refractivity contribution in [2.75, 3.05) is 19.7 Å². The lowest BCUT2D eigenvalue weighted by Crippen LogP contribution is -2.34. The van der Waals surface area contributed by atoms with E-state index < -0.39 is 11.0 Å². The van der Waals surface area contributed by atoms with Crippen LogP contribution in [0.3, 0.4) is 0 Å². The van der Waals surface area contributed by atoms with Crippen LogP contribution in [0.25, 0.3) is 0 Å². The van der Waals surface area contributed by atoms with E-state index in [0.717, 1.165) is 5.57 Å². The van der Waals surface area contributed by atoms with Crippen molar-refractivity contribution in [2.24, 2.45) is 10.7 Å². The van der Waals surface area contributed by atoms with Crippen LogP contribution in [-0.4, -0.2) is 41.8 Å². The van der Waals surface area contributed by atoms with E-state index in [0.29, 0.717) is 12.3 Å². The minimum absolute atomic E-state index is 0. The molecular weight excluding hydrogens is 415 g/mol. The first-order chi connectivity index (χ1) is 10.4. The number of aliphatic hydroxyl groups is 1. The molecule has 0 saturated heterocycles. The Balaban J connectivity index is 0.00000484. The van der Waals surface area contributed by atoms with Gasteiger partial charge in [-0.25, -0.2) is 0 Å². The molecule has 128 valence electrons. The maximum Gasteiger partial charge on any atom is 0.269 e. The van der Waals surface area contributed by atoms with Crippen LogP contribution < -0.4 is 15.8 Å². The number of nitrogens with two attached hydrogens (primary N) is 1. The molecule has 0 spiro atoms. The highest BCUT2D eigenvalue weighted by atomic mass is 127. The third kappa shape index (κ3) is 8.98. The zero-order valence-corrected chi connectivity index (χ0v) is 15.1. The summed E-state index contributed by atoms with van der Waals surface area (Å²) in [6.07, 6.45) is -0.833. The largest absolute Gasteiger partial charge is 0.491 e. The number of hydrogen-bond acceptors (Lipinski definition) is 5. The summed E-state index contributed by atoms with van der Waals surface area (Å²) in [6, 6.07) is 5.60. The fourth-order valence-corrected chi connectivity index (χ4v) is 1.41. The Morgan fingerprint density at radius 2 is 2.13 bits per heavy atom. The van der Waals surface area contributed by atoms with Gasteiger partial charge >= 0.3 is 0 Å². The highest BCUT2D eigenvalue weighted by Gasteiger charge is 2.07. The Labute approximate surface area is 151 Å². The van der Waals surface area contributed by atoms with Crippen molar-refractivity contribution < 1.29 is 14.8 Å². The van der Waals surface area contributed by atoms with Gasteiger partial charge in [-0.1, -0.05) is 12.2 Å². The number of aliphatic imine (C=N–C) groups is 1. The van der Waals surface area contributed by atoms with Gasteiger partial charge in [0.2, 0.25) is 0 Å². The van der Waals surface area contributed by atoms with Crippen LogP contribution in [0.5, 0.6) is 5.75 Å². The molecule has 0 aliphatic carbocycles. The first-order valence-corrected chi connectivity index (χ1v) is 6.62. The van der Waals surface area contributed by atoms with Gasteiger partial charge in [-0.3, -0.25) is 15.1 Å². The molecule has 9 heteroatoms. The normalized spacial score (nSPS) is 12.0. The lowest BCUT2D eigenvalue weighted by atomic mass is 10.3. The molecule has 0 aliphatic rings. The predicted octanol–water partition coefficient (Wildman–Crippen LogP) is 1.43. The van der Waals surface area contributed by atoms with Crippen molar-refractivity contribution in [2.45, 2.75) is 13.0 Å². The van der Waals surface area contributed by atoms with Gasteiger partial charge in [0.15, 0.2) is 5.96 Å². The molecule has 1 rings (SSSR count). The van der Waals surface area contributed by atoms with E-state index in [9.17, 15) is 15.2 Å². The summed E-state index contributed by atoms with van der Waals surface area (Å²) in [5.41, 5.74) is 6.50. The number of nitro groups is 1. The first kappa shape index (κ1) is 21.1. The monoisotopic (exact) mass is 436 g/mol. The van der Waals surface area contributed by atoms with Gasteiger partial charge in [0, 0.05) is 18.7 Å². The molecular formula is C14H21IN4O4. The quantitative estimate of drug-likeness (QED) is 0.142. The smallest absolute Gasteiger partial charge is 0.269 e. The summed E-state index contributed by atoms with van der Waals surface area (Å²) in [5, 5.41) is 23.1. The maximum atomic E-state index is 10.5. The topological polar surface area (TPSA) is 123 Å². The second-order valence-electron chi connectivity index (χ2n) is 4.75. The van der Waals surface area contributed by atoms with Crippen LogP contribution >= 0.6 is 24.0 Å². The van der Waals surface area contributed by atoms with E-state index in [-0.39, 0.29) is 48.8 Å². The lowest BCUT2D eigenvalue weighted by Gasteiger charge is -2.11. The van der Waals surface area contributed by atoms with E-state index in [1.807, 2.05) is 6.92 Å². The number of hydrogen-bond donors (Lipinski definition) is 3. The molecule has 23 heavy (non-hydrogen) atoms. The van der Waals surface area contributed by atoms with Crippen LogP contribution in [0, 0.1) is 10.1 Å². The van der Waals surface area contributed by atoms with Crippen LogP contribution in [0.4, 0.5) is 5.69 Å². The highest BCUT2D eigenvalue weighted by molar-refractivity contribution is 14.0. The second-order valence-corrected chi connectivity index (χ2v) is 4.75. The number of benzene rings is 1. The molecule has 0 fully saturated rings. The van der Waals surface area contributed by atoms with Crippen LogP contribution in [0.15, 0.2) is 41.4 Å². The summed E-state index contributed by atoms with van der Waals surface area (Å²) in [7, 11) is 0. The zero-order chi connectivity index (χ0) is 16.5. The first-order valence-electron chi connectivity index (χ1n) is 6.62. The minimum atomic E-state index is -0.833. The average Bonchev–Trinajstić information content (AvgIpc) is 2.49. The number of rotatable bonds is 8. The third-order valence-corrected chi connectivity index (χ3v) is 2.53. The Bertz CT molecular complexity index is 548. The fraction of sp³-hybridized carbons (Fsp3) is 0.357. The number of aliphatic hydroxyl groups excluding tert-OH is 1. The van der Waals surface area contributed by atoms with Gasteiger partial charge in [0.05, 0.1) is 11.5 Å². The summed E-state index contributed by atoms with van der Waals surface area (Å²) >= 11 is 0. The van der Waals surface area contributed by atoms with Crippen molar-refractivity contribution in [3.63, 3.8) is 0 Å². The zero-order valence-electron chi connectivity index (χ0n) is 12.8. The number of nitrogens with zero attached hydrogens (tertiary/aromatic N) is 2. The molecule has 4 N–H and O–H groups in total. The van der Waals surface area contributed by atoms with Crippen molar-refractivity contribution in [1.82, 2.24) is 5.32 Å². The molecule has 1 aromatic rings. The molecule has 0 radical (unpaired) electrons. The van der Waals surface area contributed by atoms with Gasteiger partial charge in [-0.2, -0.15) is 0 Å². The van der Waals surface area contributed by atoms with Gasteiger partial charge in [0.25, 0.3) is 5.69 Å². The minimum Gasteiger partial charge on any atom is -0.491 e. The molecule has 1 unspecified atom stereocenters. The Morgan fingerprint density at radius 1 is 1.52 bits per heavy atom. The van der Waals surface area contributed by atoms with Crippen LogP contribution in [0.2, 0.25) is 0 Å². The van der Waals surface area contributed by atoms with Gasteiger partial charge in [-0.15, -0.1) is 24.0 Å². The number of ether oxygens (including phenoxy) is 1. The average molecular weight is 436 g/mol. The number of nitro benzene ring substituents is 1. The molecule has 0 aromatic heterocycles. The molecule has 0 saturated carbocycles. The standard InChI is InChI=1S/C14H20N4O4.HI/c1-10(2)7-16-14(15)17-8-12(19)9-22-13-5-3-11(4-6-13)18(20)21;/h3-6,12,19H,1,7-9H2,2H3,(H3,15,16,17);1H. The van der Waals surface area contributed by atoms with E-state index >= 15 is 0 Å². The molecule has 1 atom stereocenters.